The number of esters is 1. The number of para-hydroxylation sites is 1. The first-order valence-electron chi connectivity index (χ1n) is 12.5. The van der Waals surface area contributed by atoms with E-state index in [4.69, 9.17) is 9.72 Å². The Morgan fingerprint density at radius 1 is 1.22 bits per heavy atom. The average molecular weight is 539 g/mol. The Morgan fingerprint density at radius 2 is 2.05 bits per heavy atom. The summed E-state index contributed by atoms with van der Waals surface area (Å²) in [6.07, 6.45) is 2.86. The van der Waals surface area contributed by atoms with Crippen LogP contribution in [0.3, 0.4) is 0 Å². The van der Waals surface area contributed by atoms with Crippen LogP contribution in [-0.4, -0.2) is 62.5 Å². The van der Waals surface area contributed by atoms with Gasteiger partial charge in [0.15, 0.2) is 5.65 Å². The summed E-state index contributed by atoms with van der Waals surface area (Å²) in [4.78, 5) is 33.7. The van der Waals surface area contributed by atoms with E-state index in [0.717, 1.165) is 71.4 Å². The Morgan fingerprint density at radius 3 is 2.86 bits per heavy atom. The normalized spacial score (nSPS) is 13.7. The number of likely N-dealkylation sites (N-methyl/N-ethyl adjacent to an activating group) is 1. The van der Waals surface area contributed by atoms with Crippen LogP contribution in [0.5, 0.6) is 0 Å². The van der Waals surface area contributed by atoms with Gasteiger partial charge in [-0.05, 0) is 38.4 Å². The minimum Gasteiger partial charge on any atom is -0.462 e. The minimum absolute atomic E-state index is 0.104. The fourth-order valence-corrected chi connectivity index (χ4v) is 6.54. The molecule has 0 unspecified atom stereocenters. The van der Waals surface area contributed by atoms with Gasteiger partial charge in [0.05, 0.1) is 23.4 Å². The maximum atomic E-state index is 12.9. The van der Waals surface area contributed by atoms with E-state index in [1.54, 1.807) is 6.92 Å². The van der Waals surface area contributed by atoms with Crippen molar-refractivity contribution >= 4 is 62.0 Å². The molecule has 0 saturated heterocycles. The second kappa shape index (κ2) is 11.2. The molecule has 0 atom stereocenters. The Kier molecular flexibility index (Phi) is 7.73. The number of thiophene rings is 1. The zero-order valence-electron chi connectivity index (χ0n) is 21.2. The van der Waals surface area contributed by atoms with Crippen molar-refractivity contribution in [2.75, 3.05) is 31.3 Å². The van der Waals surface area contributed by atoms with Gasteiger partial charge in [-0.15, -0.1) is 21.5 Å². The lowest BCUT2D eigenvalue weighted by Crippen LogP contribution is -2.26. The molecular weight excluding hydrogens is 508 g/mol. The molecule has 0 spiro atoms. The molecule has 1 aromatic carbocycles. The number of thioether (sulfide) groups is 1. The Hall–Kier alpha value is -3.02. The number of hydrogen-bond donors (Lipinski definition) is 1. The quantitative estimate of drug-likeness (QED) is 0.241. The summed E-state index contributed by atoms with van der Waals surface area (Å²) in [6, 6.07) is 8.12. The number of rotatable bonds is 9. The smallest absolute Gasteiger partial charge is 0.341 e. The van der Waals surface area contributed by atoms with Gasteiger partial charge in [0, 0.05) is 29.9 Å². The molecule has 194 valence electrons. The lowest BCUT2D eigenvalue weighted by atomic mass is 10.0. The van der Waals surface area contributed by atoms with Gasteiger partial charge in [-0.1, -0.05) is 43.3 Å². The third kappa shape index (κ3) is 5.21. The molecule has 0 aliphatic carbocycles. The molecule has 9 nitrogen and oxygen atoms in total. The highest BCUT2D eigenvalue weighted by Gasteiger charge is 2.28. The van der Waals surface area contributed by atoms with Crippen LogP contribution in [0, 0.1) is 0 Å². The molecule has 37 heavy (non-hydrogen) atoms. The Balaban J connectivity index is 1.35. The van der Waals surface area contributed by atoms with E-state index in [1.807, 2.05) is 25.2 Å². The maximum absolute atomic E-state index is 12.9. The van der Waals surface area contributed by atoms with Gasteiger partial charge in [-0.2, -0.15) is 0 Å². The highest BCUT2D eigenvalue weighted by Crippen LogP contribution is 2.37. The van der Waals surface area contributed by atoms with Gasteiger partial charge < -0.3 is 19.5 Å². The van der Waals surface area contributed by atoms with Crippen LogP contribution in [0.4, 0.5) is 5.00 Å². The summed E-state index contributed by atoms with van der Waals surface area (Å²) in [5.41, 5.74) is 4.13. The number of aromatic nitrogens is 4. The lowest BCUT2D eigenvalue weighted by Gasteiger charge is -2.22. The van der Waals surface area contributed by atoms with Crippen molar-refractivity contribution < 1.29 is 14.3 Å². The standard InChI is InChI=1S/C26H30N6O3S2/c1-4-6-12-32-18-10-8-7-9-16(18)22-23(32)28-26(30-29-22)36-15-20(33)27-24-21(25(34)35-5-2)17-11-13-31(3)14-19(17)37-24/h7-10H,4-6,11-15H2,1-3H3,(H,27,33). The topological polar surface area (TPSA) is 102 Å². The molecule has 4 heterocycles. The largest absolute Gasteiger partial charge is 0.462 e. The van der Waals surface area contributed by atoms with E-state index in [1.165, 1.54) is 23.1 Å². The molecule has 4 aromatic rings. The van der Waals surface area contributed by atoms with Gasteiger partial charge in [-0.25, -0.2) is 9.78 Å². The van der Waals surface area contributed by atoms with Gasteiger partial charge in [0.25, 0.3) is 0 Å². The number of aryl methyl sites for hydroxylation is 1. The highest BCUT2D eigenvalue weighted by atomic mass is 32.2. The van der Waals surface area contributed by atoms with Crippen molar-refractivity contribution in [3.63, 3.8) is 0 Å². The molecule has 1 aliphatic heterocycles. The number of nitrogens with one attached hydrogen (secondary N) is 1. The van der Waals surface area contributed by atoms with Crippen LogP contribution in [0.25, 0.3) is 22.1 Å². The predicted octanol–water partition coefficient (Wildman–Crippen LogP) is 4.74. The average Bonchev–Trinajstić information content (AvgIpc) is 3.40. The first-order valence-corrected chi connectivity index (χ1v) is 14.3. The number of ether oxygens (including phenoxy) is 1. The zero-order valence-corrected chi connectivity index (χ0v) is 22.9. The van der Waals surface area contributed by atoms with Crippen molar-refractivity contribution in [1.29, 1.82) is 0 Å². The fourth-order valence-electron chi connectivity index (χ4n) is 4.62. The van der Waals surface area contributed by atoms with E-state index in [-0.39, 0.29) is 24.2 Å². The molecule has 0 fully saturated rings. The van der Waals surface area contributed by atoms with Gasteiger partial charge in [0.2, 0.25) is 11.1 Å². The monoisotopic (exact) mass is 538 g/mol. The number of nitrogens with zero attached hydrogens (tertiary/aromatic N) is 5. The molecule has 11 heteroatoms. The Bertz CT molecular complexity index is 1460. The van der Waals surface area contributed by atoms with Crippen LogP contribution in [0.2, 0.25) is 0 Å². The van der Waals surface area contributed by atoms with Crippen molar-refractivity contribution in [1.82, 2.24) is 24.6 Å². The van der Waals surface area contributed by atoms with E-state index < -0.39 is 0 Å². The molecule has 1 N–H and O–H groups in total. The highest BCUT2D eigenvalue weighted by molar-refractivity contribution is 7.99. The summed E-state index contributed by atoms with van der Waals surface area (Å²) < 4.78 is 7.49. The van der Waals surface area contributed by atoms with E-state index >= 15 is 0 Å². The van der Waals surface area contributed by atoms with E-state index in [2.05, 4.69) is 38.0 Å². The van der Waals surface area contributed by atoms with Crippen LogP contribution >= 0.6 is 23.1 Å². The molecule has 5 rings (SSSR count). The Labute approximate surface area is 223 Å². The third-order valence-electron chi connectivity index (χ3n) is 6.40. The number of anilines is 1. The SMILES string of the molecule is CCCCn1c2ccccc2c2nnc(SCC(=O)Nc3sc4c(c3C(=O)OCC)CCN(C)C4)nc21. The molecule has 1 amide bonds. The van der Waals surface area contributed by atoms with Crippen LogP contribution in [0.1, 0.15) is 47.5 Å². The molecule has 0 bridgehead atoms. The number of unbranched alkanes of at least 4 members (excludes halogenated alkanes) is 1. The lowest BCUT2D eigenvalue weighted by molar-refractivity contribution is -0.113. The third-order valence-corrected chi connectivity index (χ3v) is 8.37. The number of carbonyl (C=O) groups excluding carboxylic acids is 2. The fraction of sp³-hybridized carbons (Fsp3) is 0.423. The summed E-state index contributed by atoms with van der Waals surface area (Å²) in [7, 11) is 2.05. The van der Waals surface area contributed by atoms with Gasteiger partial charge in [-0.3, -0.25) is 4.79 Å². The number of hydrogen-bond acceptors (Lipinski definition) is 9. The molecule has 3 aromatic heterocycles. The van der Waals surface area contributed by atoms with Crippen molar-refractivity contribution in [2.24, 2.45) is 0 Å². The van der Waals surface area contributed by atoms with Crippen molar-refractivity contribution in [3.8, 4) is 0 Å². The van der Waals surface area contributed by atoms with Gasteiger partial charge >= 0.3 is 5.97 Å². The zero-order chi connectivity index (χ0) is 25.9. The number of benzene rings is 1. The van der Waals surface area contributed by atoms with Crippen molar-refractivity contribution in [2.45, 2.75) is 51.4 Å². The molecule has 0 saturated carbocycles. The molecule has 1 aliphatic rings. The number of carbonyl (C=O) groups is 2. The summed E-state index contributed by atoms with van der Waals surface area (Å²) >= 11 is 2.69. The molecule has 0 radical (unpaired) electrons. The summed E-state index contributed by atoms with van der Waals surface area (Å²) in [6.45, 7) is 6.69. The van der Waals surface area contributed by atoms with Crippen LogP contribution in [0.15, 0.2) is 29.4 Å². The van der Waals surface area contributed by atoms with E-state index in [0.29, 0.717) is 15.7 Å². The van der Waals surface area contributed by atoms with Gasteiger partial charge in [0.1, 0.15) is 10.5 Å². The number of fused-ring (bicyclic) bond motifs is 4. The summed E-state index contributed by atoms with van der Waals surface area (Å²) in [5, 5.41) is 13.7. The second-order valence-corrected chi connectivity index (χ2v) is 11.1. The predicted molar refractivity (Wildman–Crippen MR) is 147 cm³/mol. The summed E-state index contributed by atoms with van der Waals surface area (Å²) in [5.74, 6) is -0.504. The van der Waals surface area contributed by atoms with Crippen molar-refractivity contribution in [3.05, 3.63) is 40.3 Å². The van der Waals surface area contributed by atoms with Crippen LogP contribution in [-0.2, 0) is 29.0 Å². The second-order valence-electron chi connectivity index (χ2n) is 9.04. The molecular formula is C26H30N6O3S2. The first kappa shape index (κ1) is 25.6. The minimum atomic E-state index is -0.384. The number of amides is 1. The van der Waals surface area contributed by atoms with E-state index in [9.17, 15) is 9.59 Å². The maximum Gasteiger partial charge on any atom is 0.341 e. The first-order chi connectivity index (χ1) is 18.0. The van der Waals surface area contributed by atoms with Crippen LogP contribution < -0.4 is 5.32 Å².